The maximum absolute atomic E-state index is 13.0. The molecule has 0 amide bonds. The number of rotatable bonds is 6. The molecular formula is C13H17FO2S. The van der Waals surface area contributed by atoms with Crippen molar-refractivity contribution >= 4 is 17.7 Å². The highest BCUT2D eigenvalue weighted by atomic mass is 32.2. The fourth-order valence-electron chi connectivity index (χ4n) is 1.70. The van der Waals surface area contributed by atoms with Crippen LogP contribution in [-0.4, -0.2) is 16.3 Å². The van der Waals surface area contributed by atoms with Crippen LogP contribution in [0.15, 0.2) is 29.2 Å². The summed E-state index contributed by atoms with van der Waals surface area (Å²) in [5.41, 5.74) is 0. The SMILES string of the molecule is CCCC(C)C(Sc1cccc(F)c1)C(=O)O. The Morgan fingerprint density at radius 1 is 1.53 bits per heavy atom. The van der Waals surface area contributed by atoms with Gasteiger partial charge < -0.3 is 5.11 Å². The Kier molecular flexibility index (Phi) is 5.48. The lowest BCUT2D eigenvalue weighted by molar-refractivity contribution is -0.137. The van der Waals surface area contributed by atoms with Crippen molar-refractivity contribution in [3.63, 3.8) is 0 Å². The molecule has 1 aromatic carbocycles. The molecule has 0 spiro atoms. The lowest BCUT2D eigenvalue weighted by atomic mass is 10.0. The van der Waals surface area contributed by atoms with Gasteiger partial charge in [-0.2, -0.15) is 0 Å². The molecule has 2 atom stereocenters. The van der Waals surface area contributed by atoms with Crippen LogP contribution >= 0.6 is 11.8 Å². The van der Waals surface area contributed by atoms with Gasteiger partial charge in [-0.1, -0.05) is 26.3 Å². The van der Waals surface area contributed by atoms with Crippen LogP contribution in [-0.2, 0) is 4.79 Å². The second kappa shape index (κ2) is 6.64. The largest absolute Gasteiger partial charge is 0.480 e. The summed E-state index contributed by atoms with van der Waals surface area (Å²) < 4.78 is 13.0. The summed E-state index contributed by atoms with van der Waals surface area (Å²) in [7, 11) is 0. The zero-order chi connectivity index (χ0) is 12.8. The predicted octanol–water partition coefficient (Wildman–Crippen LogP) is 3.81. The molecule has 0 bridgehead atoms. The van der Waals surface area contributed by atoms with E-state index in [1.807, 2.05) is 13.8 Å². The van der Waals surface area contributed by atoms with Gasteiger partial charge in [0.25, 0.3) is 0 Å². The third-order valence-electron chi connectivity index (χ3n) is 2.56. The monoisotopic (exact) mass is 256 g/mol. The second-order valence-corrected chi connectivity index (χ2v) is 5.31. The third-order valence-corrected chi connectivity index (χ3v) is 4.01. The number of hydrogen-bond acceptors (Lipinski definition) is 2. The van der Waals surface area contributed by atoms with E-state index in [1.54, 1.807) is 12.1 Å². The highest BCUT2D eigenvalue weighted by Gasteiger charge is 2.25. The van der Waals surface area contributed by atoms with E-state index in [0.29, 0.717) is 4.90 Å². The summed E-state index contributed by atoms with van der Waals surface area (Å²) >= 11 is 1.22. The quantitative estimate of drug-likeness (QED) is 0.786. The number of thioether (sulfide) groups is 1. The molecule has 0 aromatic heterocycles. The molecule has 2 unspecified atom stereocenters. The molecule has 94 valence electrons. The van der Waals surface area contributed by atoms with Crippen molar-refractivity contribution in [2.75, 3.05) is 0 Å². The Balaban J connectivity index is 2.76. The second-order valence-electron chi connectivity index (χ2n) is 4.10. The van der Waals surface area contributed by atoms with E-state index in [1.165, 1.54) is 23.9 Å². The number of carboxylic acid groups (broad SMARTS) is 1. The summed E-state index contributed by atoms with van der Waals surface area (Å²) in [5.74, 6) is -1.09. The maximum Gasteiger partial charge on any atom is 0.317 e. The van der Waals surface area contributed by atoms with Crippen molar-refractivity contribution in [1.82, 2.24) is 0 Å². The van der Waals surface area contributed by atoms with Gasteiger partial charge in [-0.3, -0.25) is 4.79 Å². The van der Waals surface area contributed by atoms with Crippen LogP contribution in [0.1, 0.15) is 26.7 Å². The zero-order valence-electron chi connectivity index (χ0n) is 10.0. The third kappa shape index (κ3) is 4.38. The molecule has 0 saturated carbocycles. The normalized spacial score (nSPS) is 14.3. The molecule has 0 radical (unpaired) electrons. The molecule has 0 aliphatic heterocycles. The molecule has 0 aliphatic rings. The average Bonchev–Trinajstić information content (AvgIpc) is 2.26. The van der Waals surface area contributed by atoms with Gasteiger partial charge in [0.15, 0.2) is 0 Å². The Morgan fingerprint density at radius 3 is 2.76 bits per heavy atom. The van der Waals surface area contributed by atoms with Crippen molar-refractivity contribution in [3.8, 4) is 0 Å². The smallest absolute Gasteiger partial charge is 0.317 e. The van der Waals surface area contributed by atoms with E-state index < -0.39 is 11.2 Å². The van der Waals surface area contributed by atoms with Crippen molar-refractivity contribution < 1.29 is 14.3 Å². The number of benzene rings is 1. The van der Waals surface area contributed by atoms with Crippen LogP contribution in [0.4, 0.5) is 4.39 Å². The van der Waals surface area contributed by atoms with Crippen LogP contribution < -0.4 is 0 Å². The summed E-state index contributed by atoms with van der Waals surface area (Å²) in [5, 5.41) is 8.67. The standard InChI is InChI=1S/C13H17FO2S/c1-3-5-9(2)12(13(15)16)17-11-7-4-6-10(14)8-11/h4,6-9,12H,3,5H2,1-2H3,(H,15,16). The van der Waals surface area contributed by atoms with Crippen LogP contribution in [0.5, 0.6) is 0 Å². The number of carbonyl (C=O) groups is 1. The molecule has 0 aliphatic carbocycles. The molecule has 0 saturated heterocycles. The molecule has 2 nitrogen and oxygen atoms in total. The molecule has 1 rings (SSSR count). The van der Waals surface area contributed by atoms with Gasteiger partial charge in [-0.15, -0.1) is 11.8 Å². The molecule has 0 heterocycles. The van der Waals surface area contributed by atoms with Gasteiger partial charge in [-0.05, 0) is 30.5 Å². The minimum absolute atomic E-state index is 0.0748. The zero-order valence-corrected chi connectivity index (χ0v) is 10.8. The minimum atomic E-state index is -0.833. The predicted molar refractivity (Wildman–Crippen MR) is 67.8 cm³/mol. The molecule has 0 fully saturated rings. The van der Waals surface area contributed by atoms with Crippen molar-refractivity contribution in [3.05, 3.63) is 30.1 Å². The van der Waals surface area contributed by atoms with Crippen molar-refractivity contribution in [2.45, 2.75) is 36.8 Å². The molecule has 4 heteroatoms. The molecular weight excluding hydrogens is 239 g/mol. The van der Waals surface area contributed by atoms with Crippen LogP contribution in [0.2, 0.25) is 0 Å². The first-order valence-electron chi connectivity index (χ1n) is 5.69. The number of halogens is 1. The Bertz CT molecular complexity index is 381. The van der Waals surface area contributed by atoms with E-state index in [2.05, 4.69) is 0 Å². The van der Waals surface area contributed by atoms with E-state index >= 15 is 0 Å². The Labute approximate surface area is 105 Å². The summed E-state index contributed by atoms with van der Waals surface area (Å²) in [6.07, 6.45) is 1.81. The van der Waals surface area contributed by atoms with Gasteiger partial charge in [0.1, 0.15) is 11.1 Å². The Hall–Kier alpha value is -1.03. The summed E-state index contributed by atoms with van der Waals surface area (Å²) in [6.45, 7) is 3.96. The van der Waals surface area contributed by atoms with Gasteiger partial charge in [0.05, 0.1) is 0 Å². The van der Waals surface area contributed by atoms with E-state index in [0.717, 1.165) is 12.8 Å². The first kappa shape index (κ1) is 14.0. The summed E-state index contributed by atoms with van der Waals surface area (Å²) in [4.78, 5) is 11.9. The maximum atomic E-state index is 13.0. The van der Waals surface area contributed by atoms with Crippen LogP contribution in [0, 0.1) is 11.7 Å². The van der Waals surface area contributed by atoms with Crippen LogP contribution in [0.25, 0.3) is 0 Å². The fourth-order valence-corrected chi connectivity index (χ4v) is 2.80. The first-order valence-corrected chi connectivity index (χ1v) is 6.57. The molecule has 17 heavy (non-hydrogen) atoms. The van der Waals surface area contributed by atoms with E-state index in [-0.39, 0.29) is 11.7 Å². The molecule has 1 aromatic rings. The summed E-state index contributed by atoms with van der Waals surface area (Å²) in [6, 6.07) is 6.07. The first-order chi connectivity index (χ1) is 8.04. The van der Waals surface area contributed by atoms with Gasteiger partial charge >= 0.3 is 5.97 Å². The highest BCUT2D eigenvalue weighted by Crippen LogP contribution is 2.30. The lowest BCUT2D eigenvalue weighted by Crippen LogP contribution is -2.24. The van der Waals surface area contributed by atoms with Crippen molar-refractivity contribution in [1.29, 1.82) is 0 Å². The van der Waals surface area contributed by atoms with Gasteiger partial charge in [0.2, 0.25) is 0 Å². The van der Waals surface area contributed by atoms with Crippen molar-refractivity contribution in [2.24, 2.45) is 5.92 Å². The fraction of sp³-hybridized carbons (Fsp3) is 0.462. The number of aliphatic carboxylic acids is 1. The lowest BCUT2D eigenvalue weighted by Gasteiger charge is -2.19. The topological polar surface area (TPSA) is 37.3 Å². The van der Waals surface area contributed by atoms with E-state index in [4.69, 9.17) is 0 Å². The Morgan fingerprint density at radius 2 is 2.24 bits per heavy atom. The van der Waals surface area contributed by atoms with Crippen LogP contribution in [0.3, 0.4) is 0 Å². The number of hydrogen-bond donors (Lipinski definition) is 1. The van der Waals surface area contributed by atoms with Gasteiger partial charge in [-0.25, -0.2) is 4.39 Å². The number of carboxylic acids is 1. The molecule has 1 N–H and O–H groups in total. The minimum Gasteiger partial charge on any atom is -0.480 e. The highest BCUT2D eigenvalue weighted by molar-refractivity contribution is 8.00. The van der Waals surface area contributed by atoms with E-state index in [9.17, 15) is 14.3 Å². The van der Waals surface area contributed by atoms with Gasteiger partial charge in [0, 0.05) is 4.90 Å². The average molecular weight is 256 g/mol.